The molecule has 0 radical (unpaired) electrons. The third-order valence-electron chi connectivity index (χ3n) is 2.23. The number of amides is 2. The van der Waals surface area contributed by atoms with Gasteiger partial charge in [0.15, 0.2) is 0 Å². The number of carbonyl (C=O) groups is 2. The first-order valence-electron chi connectivity index (χ1n) is 5.59. The fourth-order valence-corrected chi connectivity index (χ4v) is 1.49. The number of hydrazone groups is 1. The van der Waals surface area contributed by atoms with Crippen molar-refractivity contribution in [2.75, 3.05) is 5.32 Å². The van der Waals surface area contributed by atoms with Crippen LogP contribution in [-0.2, 0) is 9.59 Å². The van der Waals surface area contributed by atoms with E-state index < -0.39 is 11.8 Å². The van der Waals surface area contributed by atoms with Crippen LogP contribution in [0.4, 0.5) is 5.69 Å². The van der Waals surface area contributed by atoms with Gasteiger partial charge in [0, 0.05) is 0 Å². The summed E-state index contributed by atoms with van der Waals surface area (Å²) in [7, 11) is 0. The maximum atomic E-state index is 11.6. The van der Waals surface area contributed by atoms with Gasteiger partial charge in [-0.05, 0) is 24.3 Å². The van der Waals surface area contributed by atoms with Gasteiger partial charge in [-0.1, -0.05) is 23.7 Å². The van der Waals surface area contributed by atoms with Crippen molar-refractivity contribution >= 4 is 35.3 Å². The predicted octanol–water partition coefficient (Wildman–Crippen LogP) is 2.02. The highest BCUT2D eigenvalue weighted by molar-refractivity contribution is 6.41. The average Bonchev–Trinajstić information content (AvgIpc) is 2.94. The second-order valence-electron chi connectivity index (χ2n) is 3.65. The lowest BCUT2D eigenvalue weighted by Crippen LogP contribution is -2.32. The van der Waals surface area contributed by atoms with Crippen molar-refractivity contribution in [1.29, 1.82) is 0 Å². The molecule has 0 fully saturated rings. The summed E-state index contributed by atoms with van der Waals surface area (Å²) < 4.78 is 4.97. The molecule has 0 bridgehead atoms. The van der Waals surface area contributed by atoms with E-state index >= 15 is 0 Å². The number of carbonyl (C=O) groups excluding carboxylic acids is 2. The Morgan fingerprint density at radius 3 is 2.65 bits per heavy atom. The van der Waals surface area contributed by atoms with E-state index in [9.17, 15) is 9.59 Å². The Morgan fingerprint density at radius 2 is 1.95 bits per heavy atom. The van der Waals surface area contributed by atoms with Gasteiger partial charge in [0.25, 0.3) is 0 Å². The summed E-state index contributed by atoms with van der Waals surface area (Å²) >= 11 is 5.86. The molecule has 0 spiro atoms. The monoisotopic (exact) mass is 291 g/mol. The van der Waals surface area contributed by atoms with E-state index in [1.165, 1.54) is 12.5 Å². The average molecular weight is 292 g/mol. The molecule has 1 aromatic heterocycles. The molecule has 0 atom stereocenters. The molecular weight excluding hydrogens is 282 g/mol. The van der Waals surface area contributed by atoms with Crippen molar-refractivity contribution in [3.8, 4) is 0 Å². The third-order valence-corrected chi connectivity index (χ3v) is 2.56. The highest BCUT2D eigenvalue weighted by Gasteiger charge is 2.13. The first-order valence-corrected chi connectivity index (χ1v) is 5.97. The molecule has 6 nitrogen and oxygen atoms in total. The van der Waals surface area contributed by atoms with Crippen LogP contribution in [0.1, 0.15) is 5.76 Å². The van der Waals surface area contributed by atoms with Crippen LogP contribution in [0.2, 0.25) is 5.02 Å². The summed E-state index contributed by atoms with van der Waals surface area (Å²) in [5, 5.41) is 6.30. The highest BCUT2D eigenvalue weighted by atomic mass is 35.5. The Bertz CT molecular complexity index is 638. The molecule has 1 heterocycles. The summed E-state index contributed by atoms with van der Waals surface area (Å²) in [6.07, 6.45) is 2.74. The minimum absolute atomic E-state index is 0.340. The summed E-state index contributed by atoms with van der Waals surface area (Å²) in [6, 6.07) is 9.91. The van der Waals surface area contributed by atoms with Gasteiger partial charge in [0.1, 0.15) is 5.76 Å². The molecule has 7 heteroatoms. The molecule has 2 N–H and O–H groups in total. The molecule has 0 unspecified atom stereocenters. The normalized spacial score (nSPS) is 10.4. The number of para-hydroxylation sites is 1. The second-order valence-corrected chi connectivity index (χ2v) is 4.06. The molecule has 0 saturated carbocycles. The van der Waals surface area contributed by atoms with Crippen LogP contribution in [0.15, 0.2) is 52.2 Å². The second kappa shape index (κ2) is 6.53. The van der Waals surface area contributed by atoms with E-state index in [1.54, 1.807) is 36.4 Å². The fourth-order valence-electron chi connectivity index (χ4n) is 1.31. The third kappa shape index (κ3) is 3.69. The Hall–Kier alpha value is -2.60. The lowest BCUT2D eigenvalue weighted by molar-refractivity contribution is -0.136. The van der Waals surface area contributed by atoms with Gasteiger partial charge in [-0.25, -0.2) is 5.43 Å². The quantitative estimate of drug-likeness (QED) is 0.515. The van der Waals surface area contributed by atoms with E-state index in [1.807, 2.05) is 0 Å². The number of anilines is 1. The summed E-state index contributed by atoms with van der Waals surface area (Å²) in [5.41, 5.74) is 2.43. The number of benzene rings is 1. The number of halogens is 1. The van der Waals surface area contributed by atoms with Crippen LogP contribution in [0.5, 0.6) is 0 Å². The topological polar surface area (TPSA) is 83.7 Å². The SMILES string of the molecule is O=C(N/N=C\c1ccco1)C(=O)Nc1ccccc1Cl. The van der Waals surface area contributed by atoms with Crippen molar-refractivity contribution in [3.63, 3.8) is 0 Å². The predicted molar refractivity (Wildman–Crippen MR) is 74.5 cm³/mol. The number of nitrogens with zero attached hydrogens (tertiary/aromatic N) is 1. The Morgan fingerprint density at radius 1 is 1.15 bits per heavy atom. The molecule has 1 aromatic carbocycles. The van der Waals surface area contributed by atoms with Crippen LogP contribution in [0.3, 0.4) is 0 Å². The Balaban J connectivity index is 1.89. The molecular formula is C13H10ClN3O3. The molecule has 0 aliphatic heterocycles. The lowest BCUT2D eigenvalue weighted by atomic mass is 10.3. The zero-order valence-corrected chi connectivity index (χ0v) is 10.9. The first kappa shape index (κ1) is 13.8. The zero-order valence-electron chi connectivity index (χ0n) is 10.2. The van der Waals surface area contributed by atoms with Crippen molar-refractivity contribution < 1.29 is 14.0 Å². The minimum Gasteiger partial charge on any atom is -0.463 e. The zero-order chi connectivity index (χ0) is 14.4. The molecule has 2 amide bonds. The molecule has 0 aliphatic carbocycles. The lowest BCUT2D eigenvalue weighted by Gasteiger charge is -2.05. The molecule has 0 saturated heterocycles. The number of rotatable bonds is 3. The van der Waals surface area contributed by atoms with E-state index in [2.05, 4.69) is 15.8 Å². The van der Waals surface area contributed by atoms with Crippen LogP contribution < -0.4 is 10.7 Å². The smallest absolute Gasteiger partial charge is 0.329 e. The maximum Gasteiger partial charge on any atom is 0.329 e. The maximum absolute atomic E-state index is 11.6. The van der Waals surface area contributed by atoms with Gasteiger partial charge < -0.3 is 9.73 Å². The number of nitrogens with one attached hydrogen (secondary N) is 2. The minimum atomic E-state index is -0.910. The van der Waals surface area contributed by atoms with Gasteiger partial charge in [0.05, 0.1) is 23.2 Å². The molecule has 102 valence electrons. The van der Waals surface area contributed by atoms with Crippen LogP contribution in [0.25, 0.3) is 0 Å². The van der Waals surface area contributed by atoms with Crippen molar-refractivity contribution in [2.24, 2.45) is 5.10 Å². The standard InChI is InChI=1S/C13H10ClN3O3/c14-10-5-1-2-6-11(10)16-12(18)13(19)17-15-8-9-4-3-7-20-9/h1-8H,(H,16,18)(H,17,19)/b15-8-. The van der Waals surface area contributed by atoms with E-state index in [4.69, 9.17) is 16.0 Å². The largest absolute Gasteiger partial charge is 0.463 e. The van der Waals surface area contributed by atoms with Gasteiger partial charge in [0.2, 0.25) is 0 Å². The van der Waals surface area contributed by atoms with E-state index in [0.29, 0.717) is 16.5 Å². The van der Waals surface area contributed by atoms with Crippen LogP contribution in [-0.4, -0.2) is 18.0 Å². The Kier molecular flexibility index (Phi) is 4.52. The summed E-state index contributed by atoms with van der Waals surface area (Å²) in [4.78, 5) is 23.1. The van der Waals surface area contributed by atoms with Gasteiger partial charge in [-0.2, -0.15) is 5.10 Å². The number of hydrogen-bond donors (Lipinski definition) is 2. The van der Waals surface area contributed by atoms with Crippen molar-refractivity contribution in [3.05, 3.63) is 53.4 Å². The number of furan rings is 1. The van der Waals surface area contributed by atoms with Crippen LogP contribution in [0, 0.1) is 0 Å². The van der Waals surface area contributed by atoms with E-state index in [-0.39, 0.29) is 0 Å². The first-order chi connectivity index (χ1) is 9.66. The Labute approximate surface area is 119 Å². The summed E-state index contributed by atoms with van der Waals surface area (Å²) in [6.45, 7) is 0. The van der Waals surface area contributed by atoms with Gasteiger partial charge >= 0.3 is 11.8 Å². The molecule has 20 heavy (non-hydrogen) atoms. The summed E-state index contributed by atoms with van der Waals surface area (Å²) in [5.74, 6) is -1.32. The molecule has 2 aromatic rings. The van der Waals surface area contributed by atoms with E-state index in [0.717, 1.165) is 0 Å². The van der Waals surface area contributed by atoms with Gasteiger partial charge in [-0.15, -0.1) is 0 Å². The van der Waals surface area contributed by atoms with Crippen LogP contribution >= 0.6 is 11.6 Å². The highest BCUT2D eigenvalue weighted by Crippen LogP contribution is 2.20. The molecule has 0 aliphatic rings. The van der Waals surface area contributed by atoms with Crippen molar-refractivity contribution in [2.45, 2.75) is 0 Å². The van der Waals surface area contributed by atoms with Crippen molar-refractivity contribution in [1.82, 2.24) is 5.43 Å². The fraction of sp³-hybridized carbons (Fsp3) is 0. The molecule has 2 rings (SSSR count). The number of hydrogen-bond acceptors (Lipinski definition) is 4. The van der Waals surface area contributed by atoms with Gasteiger partial charge in [-0.3, -0.25) is 9.59 Å².